The number of anilines is 1. The van der Waals surface area contributed by atoms with Gasteiger partial charge in [0, 0.05) is 12.5 Å². The molecular weight excluding hydrogens is 390 g/mol. The second kappa shape index (κ2) is 9.70. The number of hydrogen-bond donors (Lipinski definition) is 1. The average Bonchev–Trinajstić information content (AvgIpc) is 3.18. The molecule has 0 aliphatic heterocycles. The van der Waals surface area contributed by atoms with Crippen LogP contribution in [0, 0.1) is 0 Å². The van der Waals surface area contributed by atoms with Crippen molar-refractivity contribution in [3.63, 3.8) is 0 Å². The first-order valence-electron chi connectivity index (χ1n) is 8.78. The summed E-state index contributed by atoms with van der Waals surface area (Å²) in [5.74, 6) is 1.22. The number of benzene rings is 2. The van der Waals surface area contributed by atoms with Crippen molar-refractivity contribution in [2.45, 2.75) is 6.42 Å². The summed E-state index contributed by atoms with van der Waals surface area (Å²) in [4.78, 5) is 12.2. The summed E-state index contributed by atoms with van der Waals surface area (Å²) in [6, 6.07) is 13.5. The van der Waals surface area contributed by atoms with Crippen LogP contribution in [0.1, 0.15) is 16.1 Å². The van der Waals surface area contributed by atoms with Crippen LogP contribution in [0.3, 0.4) is 0 Å². The fraction of sp³-hybridized carbons (Fsp3) is 0.190. The zero-order valence-corrected chi connectivity index (χ0v) is 17.2. The molecule has 7 nitrogen and oxygen atoms in total. The number of rotatable bonds is 8. The Morgan fingerprint density at radius 1 is 1.03 bits per heavy atom. The number of hydrogen-bond acceptors (Lipinski definition) is 7. The molecule has 0 atom stereocenters. The Bertz CT molecular complexity index is 977. The predicted octanol–water partition coefficient (Wildman–Crippen LogP) is 3.81. The van der Waals surface area contributed by atoms with E-state index in [0.717, 1.165) is 16.1 Å². The third-order valence-electron chi connectivity index (χ3n) is 4.01. The molecule has 0 unspecified atom stereocenters. The van der Waals surface area contributed by atoms with E-state index < -0.39 is 0 Å². The van der Waals surface area contributed by atoms with Gasteiger partial charge >= 0.3 is 0 Å². The van der Waals surface area contributed by atoms with E-state index in [1.165, 1.54) is 24.5 Å². The summed E-state index contributed by atoms with van der Waals surface area (Å²) < 4.78 is 15.9. The monoisotopic (exact) mass is 411 g/mol. The van der Waals surface area contributed by atoms with Crippen LogP contribution in [0.4, 0.5) is 5.13 Å². The van der Waals surface area contributed by atoms with Gasteiger partial charge in [-0.3, -0.25) is 10.1 Å². The molecule has 0 aliphatic carbocycles. The molecule has 1 heterocycles. The SMILES string of the molecule is COc1cc(/C=C/C(=O)Nc2nnc(Cc3ccccc3)s2)cc(OC)c1OC. The van der Waals surface area contributed by atoms with E-state index in [-0.39, 0.29) is 5.91 Å². The first-order chi connectivity index (χ1) is 14.1. The topological polar surface area (TPSA) is 82.6 Å². The van der Waals surface area contributed by atoms with Crippen molar-refractivity contribution in [2.24, 2.45) is 0 Å². The minimum absolute atomic E-state index is 0.304. The highest BCUT2D eigenvalue weighted by atomic mass is 32.1. The van der Waals surface area contributed by atoms with Crippen molar-refractivity contribution in [2.75, 3.05) is 26.6 Å². The highest BCUT2D eigenvalue weighted by molar-refractivity contribution is 7.15. The maximum absolute atomic E-state index is 12.2. The Kier molecular flexibility index (Phi) is 6.80. The van der Waals surface area contributed by atoms with E-state index in [4.69, 9.17) is 14.2 Å². The Morgan fingerprint density at radius 2 is 1.72 bits per heavy atom. The van der Waals surface area contributed by atoms with Gasteiger partial charge in [0.15, 0.2) is 11.5 Å². The van der Waals surface area contributed by atoms with E-state index in [9.17, 15) is 4.79 Å². The smallest absolute Gasteiger partial charge is 0.250 e. The summed E-state index contributed by atoms with van der Waals surface area (Å²) in [7, 11) is 4.62. The fourth-order valence-corrected chi connectivity index (χ4v) is 3.44. The molecule has 0 spiro atoms. The molecular formula is C21H21N3O4S. The summed E-state index contributed by atoms with van der Waals surface area (Å²) >= 11 is 1.35. The molecule has 3 rings (SSSR count). The number of nitrogens with one attached hydrogen (secondary N) is 1. The summed E-state index contributed by atoms with van der Waals surface area (Å²) in [5, 5.41) is 12.2. The molecule has 0 saturated heterocycles. The van der Waals surface area contributed by atoms with Crippen molar-refractivity contribution in [1.29, 1.82) is 0 Å². The van der Waals surface area contributed by atoms with Crippen molar-refractivity contribution in [1.82, 2.24) is 10.2 Å². The lowest BCUT2D eigenvalue weighted by Crippen LogP contribution is -2.07. The molecule has 8 heteroatoms. The van der Waals surface area contributed by atoms with Gasteiger partial charge in [-0.25, -0.2) is 0 Å². The molecule has 3 aromatic rings. The van der Waals surface area contributed by atoms with Crippen molar-refractivity contribution in [3.05, 3.63) is 64.7 Å². The van der Waals surface area contributed by atoms with Gasteiger partial charge in [0.05, 0.1) is 21.3 Å². The van der Waals surface area contributed by atoms with Crippen molar-refractivity contribution >= 4 is 28.5 Å². The van der Waals surface area contributed by atoms with E-state index in [1.807, 2.05) is 30.3 Å². The van der Waals surface area contributed by atoms with Gasteiger partial charge < -0.3 is 14.2 Å². The normalized spacial score (nSPS) is 10.7. The Hall–Kier alpha value is -3.39. The van der Waals surface area contributed by atoms with Crippen LogP contribution >= 0.6 is 11.3 Å². The molecule has 0 aliphatic rings. The molecule has 150 valence electrons. The molecule has 2 aromatic carbocycles. The Morgan fingerprint density at radius 3 is 2.34 bits per heavy atom. The van der Waals surface area contributed by atoms with Crippen LogP contribution in [0.2, 0.25) is 0 Å². The maximum Gasteiger partial charge on any atom is 0.250 e. The summed E-state index contributed by atoms with van der Waals surface area (Å²) in [5.41, 5.74) is 1.88. The highest BCUT2D eigenvalue weighted by Crippen LogP contribution is 2.38. The first kappa shape index (κ1) is 20.3. The minimum Gasteiger partial charge on any atom is -0.493 e. The second-order valence-electron chi connectivity index (χ2n) is 5.94. The second-order valence-corrected chi connectivity index (χ2v) is 7.01. The summed E-state index contributed by atoms with van der Waals surface area (Å²) in [6.07, 6.45) is 3.75. The van der Waals surface area contributed by atoms with Crippen LogP contribution < -0.4 is 19.5 Å². The zero-order chi connectivity index (χ0) is 20.6. The number of amides is 1. The number of nitrogens with zero attached hydrogens (tertiary/aromatic N) is 2. The number of methoxy groups -OCH3 is 3. The standard InChI is InChI=1S/C21H21N3O4S/c1-26-16-11-15(12-17(27-2)20(16)28-3)9-10-18(25)22-21-24-23-19(29-21)13-14-7-5-4-6-8-14/h4-12H,13H2,1-3H3,(H,22,24,25)/b10-9+. The first-order valence-corrected chi connectivity index (χ1v) is 9.60. The van der Waals surface area contributed by atoms with Crippen molar-refractivity contribution in [3.8, 4) is 17.2 Å². The number of aromatic nitrogens is 2. The number of carbonyl (C=O) groups is 1. The van der Waals surface area contributed by atoms with Crippen LogP contribution in [-0.4, -0.2) is 37.4 Å². The van der Waals surface area contributed by atoms with Crippen LogP contribution in [0.5, 0.6) is 17.2 Å². The van der Waals surface area contributed by atoms with Gasteiger partial charge in [0.2, 0.25) is 16.8 Å². The lowest BCUT2D eigenvalue weighted by atomic mass is 10.1. The predicted molar refractivity (Wildman–Crippen MR) is 113 cm³/mol. The lowest BCUT2D eigenvalue weighted by Gasteiger charge is -2.12. The Labute approximate surface area is 173 Å². The minimum atomic E-state index is -0.304. The van der Waals surface area contributed by atoms with Crippen molar-refractivity contribution < 1.29 is 19.0 Å². The average molecular weight is 411 g/mol. The van der Waals surface area contributed by atoms with Gasteiger partial charge in [-0.05, 0) is 29.3 Å². The molecule has 0 radical (unpaired) electrons. The lowest BCUT2D eigenvalue weighted by molar-refractivity contribution is -0.111. The van der Waals surface area contributed by atoms with Gasteiger partial charge in [-0.1, -0.05) is 41.7 Å². The Balaban J connectivity index is 1.66. The van der Waals surface area contributed by atoms with E-state index in [2.05, 4.69) is 15.5 Å². The molecule has 1 N–H and O–H groups in total. The number of ether oxygens (including phenoxy) is 3. The molecule has 0 bridgehead atoms. The maximum atomic E-state index is 12.2. The molecule has 29 heavy (non-hydrogen) atoms. The largest absolute Gasteiger partial charge is 0.493 e. The van der Waals surface area contributed by atoms with E-state index in [0.29, 0.717) is 28.8 Å². The van der Waals surface area contributed by atoms with Gasteiger partial charge in [-0.2, -0.15) is 0 Å². The zero-order valence-electron chi connectivity index (χ0n) is 16.3. The fourth-order valence-electron chi connectivity index (χ4n) is 2.66. The highest BCUT2D eigenvalue weighted by Gasteiger charge is 2.12. The van der Waals surface area contributed by atoms with Crippen LogP contribution in [-0.2, 0) is 11.2 Å². The van der Waals surface area contributed by atoms with E-state index >= 15 is 0 Å². The molecule has 1 aromatic heterocycles. The van der Waals surface area contributed by atoms with Crippen LogP contribution in [0.15, 0.2) is 48.5 Å². The molecule has 0 saturated carbocycles. The quantitative estimate of drug-likeness (QED) is 0.568. The third-order valence-corrected chi connectivity index (χ3v) is 4.85. The van der Waals surface area contributed by atoms with Gasteiger partial charge in [0.1, 0.15) is 5.01 Å². The third kappa shape index (κ3) is 5.32. The van der Waals surface area contributed by atoms with E-state index in [1.54, 1.807) is 32.4 Å². The van der Waals surface area contributed by atoms with Crippen LogP contribution in [0.25, 0.3) is 6.08 Å². The number of carbonyl (C=O) groups excluding carboxylic acids is 1. The molecule has 1 amide bonds. The summed E-state index contributed by atoms with van der Waals surface area (Å²) in [6.45, 7) is 0. The van der Waals surface area contributed by atoms with Gasteiger partial charge in [0.25, 0.3) is 0 Å². The molecule has 0 fully saturated rings. The van der Waals surface area contributed by atoms with Gasteiger partial charge in [-0.15, -0.1) is 10.2 Å².